The van der Waals surface area contributed by atoms with Crippen LogP contribution in [-0.2, 0) is 16.0 Å². The number of nitrogens with one attached hydrogen (secondary N) is 2. The number of hydrogen-bond donors (Lipinski definition) is 2. The summed E-state index contributed by atoms with van der Waals surface area (Å²) in [6, 6.07) is 0.750. The second kappa shape index (κ2) is 7.16. The van der Waals surface area contributed by atoms with Crippen molar-refractivity contribution in [3.8, 4) is 0 Å². The van der Waals surface area contributed by atoms with Gasteiger partial charge in [-0.05, 0) is 6.07 Å². The maximum absolute atomic E-state index is 12.4. The molecular formula is C15H16N4O3. The summed E-state index contributed by atoms with van der Waals surface area (Å²) in [4.78, 5) is 34.9. The lowest BCUT2D eigenvalue weighted by Gasteiger charge is -2.16. The first-order valence-corrected chi connectivity index (χ1v) is 6.58. The van der Waals surface area contributed by atoms with E-state index < -0.39 is 17.9 Å². The maximum Gasteiger partial charge on any atom is 0.328 e. The molecule has 7 heteroatoms. The first kappa shape index (κ1) is 15.4. The third kappa shape index (κ3) is 3.57. The van der Waals surface area contributed by atoms with Gasteiger partial charge in [-0.1, -0.05) is 12.7 Å². The van der Waals surface area contributed by atoms with E-state index >= 15 is 0 Å². The third-order valence-corrected chi connectivity index (χ3v) is 3.09. The van der Waals surface area contributed by atoms with E-state index in [1.165, 1.54) is 31.9 Å². The van der Waals surface area contributed by atoms with Gasteiger partial charge in [-0.25, -0.2) is 9.78 Å². The molecule has 0 aliphatic heterocycles. The van der Waals surface area contributed by atoms with Gasteiger partial charge < -0.3 is 15.0 Å². The Balaban J connectivity index is 2.17. The highest BCUT2D eigenvalue weighted by Gasteiger charge is 2.23. The summed E-state index contributed by atoms with van der Waals surface area (Å²) in [6.07, 6.45) is 7.92. The van der Waals surface area contributed by atoms with Crippen LogP contribution in [0.5, 0.6) is 0 Å². The highest BCUT2D eigenvalue weighted by molar-refractivity contribution is 5.99. The average Bonchev–Trinajstić information content (AvgIpc) is 3.06. The average molecular weight is 300 g/mol. The predicted molar refractivity (Wildman–Crippen MR) is 79.9 cm³/mol. The first-order chi connectivity index (χ1) is 10.7. The molecule has 1 atom stereocenters. The Morgan fingerprint density at radius 3 is 2.91 bits per heavy atom. The summed E-state index contributed by atoms with van der Waals surface area (Å²) in [5.74, 6) is -0.927. The molecule has 0 spiro atoms. The molecule has 0 aliphatic carbocycles. The van der Waals surface area contributed by atoms with Gasteiger partial charge in [0.2, 0.25) is 0 Å². The Labute approximate surface area is 127 Å². The quantitative estimate of drug-likeness (QED) is 0.775. The fourth-order valence-electron chi connectivity index (χ4n) is 1.96. The summed E-state index contributed by atoms with van der Waals surface area (Å²) in [5.41, 5.74) is 1.70. The van der Waals surface area contributed by atoms with Crippen molar-refractivity contribution in [2.75, 3.05) is 7.11 Å². The van der Waals surface area contributed by atoms with Gasteiger partial charge in [0.05, 0.1) is 13.4 Å². The predicted octanol–water partition coefficient (Wildman–Crippen LogP) is 0.962. The second-order valence-corrected chi connectivity index (χ2v) is 4.50. The molecule has 1 amide bonds. The van der Waals surface area contributed by atoms with E-state index in [2.05, 4.69) is 26.8 Å². The molecule has 2 aromatic rings. The smallest absolute Gasteiger partial charge is 0.328 e. The molecule has 0 bridgehead atoms. The van der Waals surface area contributed by atoms with Crippen molar-refractivity contribution in [2.24, 2.45) is 0 Å². The number of methoxy groups -OCH3 is 1. The number of hydrogen-bond acceptors (Lipinski definition) is 5. The zero-order valence-electron chi connectivity index (χ0n) is 12.1. The standard InChI is InChI=1S/C15H16N4O3/c1-3-10-7-16-5-4-12(10)14(20)19-13(15(21)22-2)6-11-8-17-9-18-11/h3-5,7-9,13H,1,6H2,2H3,(H,17,18)(H,19,20)/t13-/m1/s1. The van der Waals surface area contributed by atoms with Gasteiger partial charge in [-0.2, -0.15) is 0 Å². The van der Waals surface area contributed by atoms with Gasteiger partial charge in [0.15, 0.2) is 0 Å². The Hall–Kier alpha value is -2.96. The third-order valence-electron chi connectivity index (χ3n) is 3.09. The van der Waals surface area contributed by atoms with Gasteiger partial charge in [-0.3, -0.25) is 9.78 Å². The maximum atomic E-state index is 12.4. The molecule has 0 radical (unpaired) electrons. The topological polar surface area (TPSA) is 97.0 Å². The molecule has 2 heterocycles. The van der Waals surface area contributed by atoms with Crippen LogP contribution in [0.25, 0.3) is 6.08 Å². The molecule has 0 unspecified atom stereocenters. The number of H-pyrrole nitrogens is 1. The van der Waals surface area contributed by atoms with Crippen LogP contribution in [0.4, 0.5) is 0 Å². The van der Waals surface area contributed by atoms with Gasteiger partial charge in [0.25, 0.3) is 5.91 Å². The number of aromatic amines is 1. The number of nitrogens with zero attached hydrogens (tertiary/aromatic N) is 2. The SMILES string of the molecule is C=Cc1cnccc1C(=O)N[C@H](Cc1cnc[nH]1)C(=O)OC. The molecule has 7 nitrogen and oxygen atoms in total. The summed E-state index contributed by atoms with van der Waals surface area (Å²) >= 11 is 0. The summed E-state index contributed by atoms with van der Waals surface area (Å²) in [5, 5.41) is 2.66. The molecule has 2 N–H and O–H groups in total. The normalized spacial score (nSPS) is 11.5. The van der Waals surface area contributed by atoms with Crippen molar-refractivity contribution in [3.05, 3.63) is 54.4 Å². The van der Waals surface area contributed by atoms with Crippen LogP contribution < -0.4 is 5.32 Å². The number of amides is 1. The van der Waals surface area contributed by atoms with Crippen molar-refractivity contribution in [1.29, 1.82) is 0 Å². The van der Waals surface area contributed by atoms with Crippen molar-refractivity contribution in [1.82, 2.24) is 20.3 Å². The summed E-state index contributed by atoms with van der Waals surface area (Å²) < 4.78 is 4.73. The zero-order valence-corrected chi connectivity index (χ0v) is 12.1. The number of imidazole rings is 1. The minimum Gasteiger partial charge on any atom is -0.467 e. The minimum absolute atomic E-state index is 0.257. The van der Waals surface area contributed by atoms with E-state index in [-0.39, 0.29) is 6.42 Å². The number of esters is 1. The lowest BCUT2D eigenvalue weighted by molar-refractivity contribution is -0.142. The van der Waals surface area contributed by atoms with Gasteiger partial charge in [0.1, 0.15) is 6.04 Å². The van der Waals surface area contributed by atoms with Crippen LogP contribution >= 0.6 is 0 Å². The van der Waals surface area contributed by atoms with Crippen LogP contribution in [0, 0.1) is 0 Å². The van der Waals surface area contributed by atoms with E-state index in [1.807, 2.05) is 0 Å². The van der Waals surface area contributed by atoms with Crippen LogP contribution in [0.3, 0.4) is 0 Å². The van der Waals surface area contributed by atoms with E-state index in [9.17, 15) is 9.59 Å². The van der Waals surface area contributed by atoms with E-state index in [4.69, 9.17) is 4.74 Å². The largest absolute Gasteiger partial charge is 0.467 e. The lowest BCUT2D eigenvalue weighted by atomic mass is 10.1. The van der Waals surface area contributed by atoms with Crippen molar-refractivity contribution in [2.45, 2.75) is 12.5 Å². The molecule has 0 aliphatic rings. The number of rotatable bonds is 6. The number of ether oxygens (including phenoxy) is 1. The Morgan fingerprint density at radius 2 is 2.27 bits per heavy atom. The molecule has 0 saturated heterocycles. The van der Waals surface area contributed by atoms with Gasteiger partial charge in [0, 0.05) is 41.8 Å². The fraction of sp³-hybridized carbons (Fsp3) is 0.200. The van der Waals surface area contributed by atoms with E-state index in [1.54, 1.807) is 12.3 Å². The molecule has 2 rings (SSSR count). The lowest BCUT2D eigenvalue weighted by Crippen LogP contribution is -2.43. The Morgan fingerprint density at radius 1 is 1.45 bits per heavy atom. The molecule has 0 fully saturated rings. The number of carbonyl (C=O) groups excluding carboxylic acids is 2. The van der Waals surface area contributed by atoms with Gasteiger partial charge in [-0.15, -0.1) is 0 Å². The van der Waals surface area contributed by atoms with E-state index in [0.29, 0.717) is 11.1 Å². The van der Waals surface area contributed by atoms with Crippen molar-refractivity contribution < 1.29 is 14.3 Å². The fourth-order valence-corrected chi connectivity index (χ4v) is 1.96. The highest BCUT2D eigenvalue weighted by Crippen LogP contribution is 2.09. The molecule has 114 valence electrons. The minimum atomic E-state index is -0.816. The van der Waals surface area contributed by atoms with Crippen LogP contribution in [0.1, 0.15) is 21.6 Å². The summed E-state index contributed by atoms with van der Waals surface area (Å²) in [7, 11) is 1.27. The van der Waals surface area contributed by atoms with Crippen molar-refractivity contribution in [3.63, 3.8) is 0 Å². The molecule has 0 saturated carbocycles. The number of carbonyl (C=O) groups is 2. The Bertz CT molecular complexity index is 667. The molecule has 22 heavy (non-hydrogen) atoms. The molecule has 2 aromatic heterocycles. The number of aromatic nitrogens is 3. The van der Waals surface area contributed by atoms with Crippen molar-refractivity contribution >= 4 is 18.0 Å². The Kier molecular flexibility index (Phi) is 5.02. The van der Waals surface area contributed by atoms with Crippen LogP contribution in [0.2, 0.25) is 0 Å². The van der Waals surface area contributed by atoms with Crippen LogP contribution in [0.15, 0.2) is 37.6 Å². The van der Waals surface area contributed by atoms with Gasteiger partial charge >= 0.3 is 5.97 Å². The highest BCUT2D eigenvalue weighted by atomic mass is 16.5. The first-order valence-electron chi connectivity index (χ1n) is 6.58. The monoisotopic (exact) mass is 300 g/mol. The molecular weight excluding hydrogens is 284 g/mol. The molecule has 0 aromatic carbocycles. The van der Waals surface area contributed by atoms with Crippen LogP contribution in [-0.4, -0.2) is 40.0 Å². The number of pyridine rings is 1. The van der Waals surface area contributed by atoms with E-state index in [0.717, 1.165) is 5.69 Å². The second-order valence-electron chi connectivity index (χ2n) is 4.50. The zero-order chi connectivity index (χ0) is 15.9. The summed E-state index contributed by atoms with van der Waals surface area (Å²) in [6.45, 7) is 3.64.